The number of carbonyl (C=O) groups excluding carboxylic acids is 1. The number of carbonyl (C=O) groups is 1. The first kappa shape index (κ1) is 32.5. The number of azo groups is 2. The van der Waals surface area contributed by atoms with Gasteiger partial charge in [0.05, 0.1) is 28.0 Å². The minimum atomic E-state index is -0.234. The van der Waals surface area contributed by atoms with E-state index in [0.29, 0.717) is 84.2 Å². The van der Waals surface area contributed by atoms with Crippen molar-refractivity contribution in [2.24, 2.45) is 20.5 Å². The van der Waals surface area contributed by atoms with Gasteiger partial charge in [-0.25, -0.2) is 4.98 Å². The van der Waals surface area contributed by atoms with E-state index in [-0.39, 0.29) is 34.0 Å². The molecule has 10 rings (SSSR count). The number of aromatic nitrogens is 4. The molecule has 0 bridgehead atoms. The Morgan fingerprint density at radius 1 is 0.625 bits per heavy atom. The molecular weight excluding hydrogens is 709 g/mol. The van der Waals surface area contributed by atoms with Crippen molar-refractivity contribution in [1.82, 2.24) is 19.6 Å². The van der Waals surface area contributed by atoms with E-state index in [1.165, 1.54) is 0 Å². The number of hydrogen-bond donors (Lipinski definition) is 2. The van der Waals surface area contributed by atoms with E-state index in [2.05, 4.69) is 30.7 Å². The van der Waals surface area contributed by atoms with Crippen molar-refractivity contribution in [3.8, 4) is 34.4 Å². The molecule has 0 atom stereocenters. The van der Waals surface area contributed by atoms with Crippen LogP contribution >= 0.6 is 0 Å². The average molecular weight is 733 g/mol. The molecular formula is C43H24N8O5. The third-order valence-corrected chi connectivity index (χ3v) is 9.68. The molecule has 266 valence electrons. The molecule has 3 heterocycles. The van der Waals surface area contributed by atoms with Gasteiger partial charge in [0.15, 0.2) is 12.0 Å². The second kappa shape index (κ2) is 12.7. The number of hydrogen-bond acceptors (Lipinski definition) is 12. The van der Waals surface area contributed by atoms with E-state index >= 15 is 0 Å². The number of rotatable bonds is 7. The van der Waals surface area contributed by atoms with Crippen molar-refractivity contribution in [2.45, 2.75) is 0 Å². The molecule has 7 aromatic carbocycles. The van der Waals surface area contributed by atoms with Crippen LogP contribution in [0.15, 0.2) is 157 Å². The lowest BCUT2D eigenvalue weighted by Gasteiger charge is -2.10. The van der Waals surface area contributed by atoms with Crippen molar-refractivity contribution < 1.29 is 19.4 Å². The average Bonchev–Trinajstić information content (AvgIpc) is 3.89. The number of aldehydes is 1. The lowest BCUT2D eigenvalue weighted by molar-refractivity contribution is 0.112. The maximum atomic E-state index is 13.7. The zero-order chi connectivity index (χ0) is 37.9. The summed E-state index contributed by atoms with van der Waals surface area (Å²) in [7, 11) is 0. The van der Waals surface area contributed by atoms with Gasteiger partial charge < -0.3 is 14.6 Å². The van der Waals surface area contributed by atoms with Crippen LogP contribution in [0, 0.1) is 0 Å². The van der Waals surface area contributed by atoms with Crippen molar-refractivity contribution in [3.63, 3.8) is 0 Å². The molecule has 0 saturated heterocycles. The molecule has 0 aliphatic rings. The molecule has 0 fully saturated rings. The van der Waals surface area contributed by atoms with Crippen LogP contribution in [-0.4, -0.2) is 36.1 Å². The molecule has 0 aliphatic heterocycles. The zero-order valence-electron chi connectivity index (χ0n) is 28.9. The van der Waals surface area contributed by atoms with Gasteiger partial charge in [-0.3, -0.25) is 14.0 Å². The van der Waals surface area contributed by atoms with E-state index in [4.69, 9.17) is 9.40 Å². The second-order valence-corrected chi connectivity index (χ2v) is 13.0. The number of pyridine rings is 1. The fraction of sp³-hybridized carbons (Fsp3) is 0. The number of imidazole rings is 1. The molecule has 3 aromatic heterocycles. The first-order valence-corrected chi connectivity index (χ1v) is 17.3. The minimum absolute atomic E-state index is 0.0928. The molecule has 56 heavy (non-hydrogen) atoms. The Morgan fingerprint density at radius 3 is 1.96 bits per heavy atom. The Bertz CT molecular complexity index is 3320. The summed E-state index contributed by atoms with van der Waals surface area (Å²) in [6.45, 7) is 0. The minimum Gasteiger partial charge on any atom is -0.506 e. The predicted molar refractivity (Wildman–Crippen MR) is 211 cm³/mol. The summed E-state index contributed by atoms with van der Waals surface area (Å²) in [6.07, 6.45) is 0.585. The quantitative estimate of drug-likeness (QED) is 0.120. The number of fused-ring (bicyclic) bond motifs is 5. The van der Waals surface area contributed by atoms with Gasteiger partial charge in [-0.2, -0.15) is 10.2 Å². The molecule has 0 aliphatic carbocycles. The number of aromatic hydroxyl groups is 2. The molecule has 0 unspecified atom stereocenters. The Kier molecular flexibility index (Phi) is 7.38. The molecule has 2 N–H and O–H groups in total. The highest BCUT2D eigenvalue weighted by atomic mass is 16.4. The molecule has 0 amide bonds. The Hall–Kier alpha value is -8.19. The normalized spacial score (nSPS) is 12.1. The van der Waals surface area contributed by atoms with Crippen LogP contribution in [0.3, 0.4) is 0 Å². The lowest BCUT2D eigenvalue weighted by Crippen LogP contribution is -2.13. The standard InChI is InChI=1S/C43H24N8O5/c52-22-26-20-25-6-1-2-7-29(25)38(39(26)54)48-46-28-18-14-24(15-19-28)42-50-49-41(56-42)23-12-16-27(17-13-23)45-47-37-30-8-5-9-31-36(30)32(21-35(37)53)40-44-33-10-3-4-11-34(33)51(40)43(31)55/h1-22,53-54H. The van der Waals surface area contributed by atoms with Gasteiger partial charge in [0.1, 0.15) is 22.8 Å². The van der Waals surface area contributed by atoms with Crippen molar-refractivity contribution >= 4 is 78.0 Å². The lowest BCUT2D eigenvalue weighted by atomic mass is 10.0. The summed E-state index contributed by atoms with van der Waals surface area (Å²) in [6, 6.07) is 37.3. The fourth-order valence-corrected chi connectivity index (χ4v) is 6.99. The number of phenols is 2. The Morgan fingerprint density at radius 2 is 1.25 bits per heavy atom. The van der Waals surface area contributed by atoms with Crippen LogP contribution in [0.1, 0.15) is 10.4 Å². The van der Waals surface area contributed by atoms with Gasteiger partial charge in [-0.15, -0.1) is 20.4 Å². The first-order valence-electron chi connectivity index (χ1n) is 17.3. The van der Waals surface area contributed by atoms with E-state index in [0.717, 1.165) is 5.39 Å². The van der Waals surface area contributed by atoms with Crippen LogP contribution in [0.2, 0.25) is 0 Å². The third kappa shape index (κ3) is 5.21. The van der Waals surface area contributed by atoms with E-state index in [1.54, 1.807) is 89.3 Å². The van der Waals surface area contributed by atoms with Crippen molar-refractivity contribution in [2.75, 3.05) is 0 Å². The monoisotopic (exact) mass is 732 g/mol. The van der Waals surface area contributed by atoms with Gasteiger partial charge in [0, 0.05) is 38.1 Å². The zero-order valence-corrected chi connectivity index (χ0v) is 28.9. The number of para-hydroxylation sites is 2. The summed E-state index contributed by atoms with van der Waals surface area (Å²) in [5.74, 6) is 0.260. The Balaban J connectivity index is 0.896. The van der Waals surface area contributed by atoms with Crippen molar-refractivity contribution in [3.05, 3.63) is 143 Å². The summed E-state index contributed by atoms with van der Waals surface area (Å²) in [5, 5.41) is 51.4. The van der Waals surface area contributed by atoms with Gasteiger partial charge >= 0.3 is 0 Å². The van der Waals surface area contributed by atoms with Crippen LogP contribution in [0.25, 0.3) is 71.9 Å². The van der Waals surface area contributed by atoms with E-state index < -0.39 is 0 Å². The van der Waals surface area contributed by atoms with Crippen LogP contribution in [-0.2, 0) is 0 Å². The summed E-state index contributed by atoms with van der Waals surface area (Å²) >= 11 is 0. The molecule has 13 heteroatoms. The summed E-state index contributed by atoms with van der Waals surface area (Å²) < 4.78 is 7.56. The number of nitrogens with zero attached hydrogens (tertiary/aromatic N) is 8. The highest BCUT2D eigenvalue weighted by Gasteiger charge is 2.20. The van der Waals surface area contributed by atoms with Crippen LogP contribution in [0.4, 0.5) is 22.7 Å². The number of phenolic OH excluding ortho intramolecular Hbond substituents is 2. The van der Waals surface area contributed by atoms with Gasteiger partial charge in [0.25, 0.3) is 5.56 Å². The molecule has 0 saturated carbocycles. The van der Waals surface area contributed by atoms with Crippen molar-refractivity contribution in [1.29, 1.82) is 0 Å². The maximum Gasteiger partial charge on any atom is 0.264 e. The molecule has 10 aromatic rings. The first-order chi connectivity index (χ1) is 27.4. The van der Waals surface area contributed by atoms with Crippen LogP contribution in [0.5, 0.6) is 11.5 Å². The van der Waals surface area contributed by atoms with Gasteiger partial charge in [0.2, 0.25) is 11.8 Å². The van der Waals surface area contributed by atoms with E-state index in [1.807, 2.05) is 42.5 Å². The van der Waals surface area contributed by atoms with Crippen LogP contribution < -0.4 is 5.56 Å². The second-order valence-electron chi connectivity index (χ2n) is 13.0. The van der Waals surface area contributed by atoms with Gasteiger partial charge in [-0.05, 0) is 84.2 Å². The molecule has 0 spiro atoms. The largest absolute Gasteiger partial charge is 0.506 e. The fourth-order valence-electron chi connectivity index (χ4n) is 6.99. The van der Waals surface area contributed by atoms with Gasteiger partial charge in [-0.1, -0.05) is 48.5 Å². The Labute approximate surface area is 314 Å². The summed E-state index contributed by atoms with van der Waals surface area (Å²) in [4.78, 5) is 29.9. The predicted octanol–water partition coefficient (Wildman–Crippen LogP) is 10.5. The molecule has 13 nitrogen and oxygen atoms in total. The highest BCUT2D eigenvalue weighted by molar-refractivity contribution is 6.19. The third-order valence-electron chi connectivity index (χ3n) is 9.68. The maximum absolute atomic E-state index is 13.7. The highest BCUT2D eigenvalue weighted by Crippen LogP contribution is 2.42. The van der Waals surface area contributed by atoms with E-state index in [9.17, 15) is 19.8 Å². The topological polar surface area (TPSA) is 180 Å². The molecule has 0 radical (unpaired) electrons. The SMILES string of the molecule is O=Cc1cc2ccccc2c(N=Nc2ccc(-c3nnc(-c4ccc(N=Nc5c(O)cc6c7c5cccc7c(=O)n5c7ccccc7nc65)cc4)o3)cc2)c1O. The summed E-state index contributed by atoms with van der Waals surface area (Å²) in [5.41, 5.74) is 4.56. The number of benzene rings is 7. The smallest absolute Gasteiger partial charge is 0.264 e.